The summed E-state index contributed by atoms with van der Waals surface area (Å²) in [6, 6.07) is 25.8. The van der Waals surface area contributed by atoms with Crippen LogP contribution in [0.15, 0.2) is 78.9 Å². The van der Waals surface area contributed by atoms with Gasteiger partial charge in [0.25, 0.3) is 0 Å². The van der Waals surface area contributed by atoms with Crippen LogP contribution in [0.4, 0.5) is 5.69 Å². The Morgan fingerprint density at radius 2 is 1.56 bits per heavy atom. The van der Waals surface area contributed by atoms with Crippen LogP contribution in [-0.2, 0) is 32.2 Å². The van der Waals surface area contributed by atoms with Crippen LogP contribution in [0.5, 0.6) is 0 Å². The molecule has 2 aliphatic heterocycles. The molecule has 0 spiro atoms. The first-order valence-corrected chi connectivity index (χ1v) is 15.0. The Bertz CT molecular complexity index is 1340. The smallest absolute Gasteiger partial charge is 0.303 e. The minimum absolute atomic E-state index is 0.0169. The Morgan fingerprint density at radius 3 is 2.26 bits per heavy atom. The van der Waals surface area contributed by atoms with Crippen molar-refractivity contribution in [1.82, 2.24) is 9.80 Å². The van der Waals surface area contributed by atoms with Crippen LogP contribution < -0.4 is 5.32 Å². The van der Waals surface area contributed by atoms with Crippen molar-refractivity contribution in [2.24, 2.45) is 5.92 Å². The number of carboxylic acids is 1. The van der Waals surface area contributed by atoms with E-state index >= 15 is 0 Å². The fourth-order valence-electron chi connectivity index (χ4n) is 5.76. The number of hydrogen-bond donors (Lipinski definition) is 3. The normalized spacial score (nSPS) is 23.1. The number of nitrogens with one attached hydrogen (secondary N) is 1. The van der Waals surface area contributed by atoms with Gasteiger partial charge >= 0.3 is 5.97 Å². The summed E-state index contributed by atoms with van der Waals surface area (Å²) in [5.41, 5.74) is 4.53. The maximum Gasteiger partial charge on any atom is 0.303 e. The molecule has 43 heavy (non-hydrogen) atoms. The molecule has 0 bridgehead atoms. The summed E-state index contributed by atoms with van der Waals surface area (Å²) in [7, 11) is 0. The highest BCUT2D eigenvalue weighted by atomic mass is 16.7. The van der Waals surface area contributed by atoms with Crippen LogP contribution in [-0.4, -0.2) is 70.7 Å². The molecule has 0 aromatic heterocycles. The van der Waals surface area contributed by atoms with Gasteiger partial charge in [0.2, 0.25) is 5.91 Å². The monoisotopic (exact) mass is 587 g/mol. The number of carboxylic acid groups (broad SMARTS) is 1. The number of carbonyl (C=O) groups is 2. The summed E-state index contributed by atoms with van der Waals surface area (Å²) in [4.78, 5) is 28.1. The molecule has 2 heterocycles. The van der Waals surface area contributed by atoms with Crippen LogP contribution >= 0.6 is 0 Å². The number of nitrogens with zero attached hydrogens (tertiary/aromatic N) is 2. The van der Waals surface area contributed by atoms with E-state index in [1.165, 1.54) is 5.56 Å². The molecule has 5 rings (SSSR count). The molecule has 9 nitrogen and oxygen atoms in total. The molecule has 3 N–H and O–H groups in total. The number of anilines is 1. The zero-order chi connectivity index (χ0) is 30.2. The average molecular weight is 588 g/mol. The van der Waals surface area contributed by atoms with Crippen LogP contribution in [0.2, 0.25) is 0 Å². The van der Waals surface area contributed by atoms with Crippen molar-refractivity contribution < 1.29 is 29.3 Å². The van der Waals surface area contributed by atoms with Crippen molar-refractivity contribution in [1.29, 1.82) is 0 Å². The second-order valence-electron chi connectivity index (χ2n) is 11.5. The third kappa shape index (κ3) is 8.49. The van der Waals surface area contributed by atoms with Gasteiger partial charge in [-0.05, 0) is 28.8 Å². The van der Waals surface area contributed by atoms with E-state index in [-0.39, 0.29) is 43.5 Å². The van der Waals surface area contributed by atoms with Gasteiger partial charge in [-0.15, -0.1) is 0 Å². The zero-order valence-electron chi connectivity index (χ0n) is 24.6. The van der Waals surface area contributed by atoms with Crippen LogP contribution in [0.1, 0.15) is 54.4 Å². The van der Waals surface area contributed by atoms with Crippen molar-refractivity contribution in [2.75, 3.05) is 38.0 Å². The summed E-state index contributed by atoms with van der Waals surface area (Å²) < 4.78 is 13.2. The van der Waals surface area contributed by atoms with Crippen LogP contribution in [0.25, 0.3) is 0 Å². The number of hydrogen-bond acceptors (Lipinski definition) is 7. The van der Waals surface area contributed by atoms with Crippen molar-refractivity contribution in [2.45, 2.75) is 51.4 Å². The summed E-state index contributed by atoms with van der Waals surface area (Å²) >= 11 is 0. The number of rotatable bonds is 11. The second-order valence-corrected chi connectivity index (χ2v) is 11.5. The van der Waals surface area contributed by atoms with Crippen LogP contribution in [0.3, 0.4) is 0 Å². The Morgan fingerprint density at radius 1 is 0.837 bits per heavy atom. The van der Waals surface area contributed by atoms with Gasteiger partial charge < -0.3 is 25.0 Å². The lowest BCUT2D eigenvalue weighted by atomic mass is 9.90. The lowest BCUT2D eigenvalue weighted by Gasteiger charge is -2.44. The number of ether oxygens (including phenoxy) is 2. The Hall–Kier alpha value is -3.60. The van der Waals surface area contributed by atoms with Crippen molar-refractivity contribution in [3.8, 4) is 0 Å². The quantitative estimate of drug-likeness (QED) is 0.299. The van der Waals surface area contributed by atoms with Gasteiger partial charge in [-0.3, -0.25) is 19.4 Å². The maximum absolute atomic E-state index is 12.3. The SMILES string of the molecule is CC1C(CN2CCN(Cc3ccccc3)CC2)OC(c2cccc(NC(=O)CCC(=O)O)c2)OC1c1ccc(CO)cc1. The molecule has 3 aromatic carbocycles. The molecular formula is C34H41N3O6. The van der Waals surface area contributed by atoms with Gasteiger partial charge in [0, 0.05) is 62.9 Å². The molecule has 0 aliphatic carbocycles. The predicted octanol–water partition coefficient (Wildman–Crippen LogP) is 4.59. The molecule has 4 unspecified atom stereocenters. The Balaban J connectivity index is 1.29. The molecule has 2 aliphatic rings. The highest BCUT2D eigenvalue weighted by Gasteiger charge is 2.39. The third-order valence-corrected chi connectivity index (χ3v) is 8.28. The van der Waals surface area contributed by atoms with Gasteiger partial charge in [0.1, 0.15) is 0 Å². The number of piperazine rings is 1. The first kappa shape index (κ1) is 30.8. The standard InChI is InChI=1S/C34H41N3O6/c1-24-30(22-37-18-16-36(17-19-37)21-25-6-3-2-4-7-25)42-34(43-33(24)27-12-10-26(23-38)11-13-27)28-8-5-9-29(20-28)35-31(39)14-15-32(40)41/h2-13,20,24,30,33-34,38H,14-19,21-23H2,1H3,(H,35,39)(H,40,41). The van der Waals surface area contributed by atoms with E-state index in [1.807, 2.05) is 48.5 Å². The molecule has 2 fully saturated rings. The molecule has 9 heteroatoms. The van der Waals surface area contributed by atoms with Gasteiger partial charge in [0.15, 0.2) is 6.29 Å². The zero-order valence-corrected chi connectivity index (χ0v) is 24.6. The van der Waals surface area contributed by atoms with E-state index in [9.17, 15) is 14.7 Å². The highest BCUT2D eigenvalue weighted by molar-refractivity contribution is 5.92. The van der Waals surface area contributed by atoms with E-state index in [0.29, 0.717) is 5.69 Å². The molecule has 1 amide bonds. The number of benzene rings is 3. The summed E-state index contributed by atoms with van der Waals surface area (Å²) in [5, 5.41) is 21.2. The van der Waals surface area contributed by atoms with Gasteiger partial charge in [-0.1, -0.05) is 73.7 Å². The number of carbonyl (C=O) groups excluding carboxylic acids is 1. The fourth-order valence-corrected chi connectivity index (χ4v) is 5.76. The second kappa shape index (κ2) is 14.7. The number of aliphatic carboxylic acids is 1. The first-order valence-electron chi connectivity index (χ1n) is 15.0. The Kier molecular flexibility index (Phi) is 10.6. The molecule has 3 aromatic rings. The van der Waals surface area contributed by atoms with E-state index in [1.54, 1.807) is 6.07 Å². The van der Waals surface area contributed by atoms with E-state index in [4.69, 9.17) is 14.6 Å². The van der Waals surface area contributed by atoms with Crippen LogP contribution in [0, 0.1) is 5.92 Å². The minimum atomic E-state index is -1.01. The van der Waals surface area contributed by atoms with Crippen molar-refractivity contribution >= 4 is 17.6 Å². The lowest BCUT2D eigenvalue weighted by molar-refractivity contribution is -0.276. The lowest BCUT2D eigenvalue weighted by Crippen LogP contribution is -2.51. The average Bonchev–Trinajstić information content (AvgIpc) is 3.02. The number of aliphatic hydroxyl groups is 1. The highest BCUT2D eigenvalue weighted by Crippen LogP contribution is 2.42. The largest absolute Gasteiger partial charge is 0.481 e. The third-order valence-electron chi connectivity index (χ3n) is 8.28. The maximum atomic E-state index is 12.3. The van der Waals surface area contributed by atoms with E-state index < -0.39 is 12.3 Å². The molecule has 0 saturated carbocycles. The summed E-state index contributed by atoms with van der Waals surface area (Å²) in [6.45, 7) is 7.77. The predicted molar refractivity (Wildman–Crippen MR) is 163 cm³/mol. The van der Waals surface area contributed by atoms with Crippen molar-refractivity contribution in [3.63, 3.8) is 0 Å². The number of amides is 1. The molecule has 228 valence electrons. The van der Waals surface area contributed by atoms with Gasteiger partial charge in [-0.2, -0.15) is 0 Å². The molecular weight excluding hydrogens is 546 g/mol. The fraction of sp³-hybridized carbons (Fsp3) is 0.412. The first-order chi connectivity index (χ1) is 20.9. The molecule has 0 radical (unpaired) electrons. The molecule has 2 saturated heterocycles. The molecule has 4 atom stereocenters. The topological polar surface area (TPSA) is 112 Å². The summed E-state index contributed by atoms with van der Waals surface area (Å²) in [5.74, 6) is -1.30. The van der Waals surface area contributed by atoms with Crippen molar-refractivity contribution in [3.05, 3.63) is 101 Å². The van der Waals surface area contributed by atoms with E-state index in [0.717, 1.165) is 56.0 Å². The van der Waals surface area contributed by atoms with Gasteiger partial charge in [0.05, 0.1) is 25.2 Å². The number of aliphatic hydroxyl groups excluding tert-OH is 1. The van der Waals surface area contributed by atoms with E-state index in [2.05, 4.69) is 46.3 Å². The minimum Gasteiger partial charge on any atom is -0.481 e. The summed E-state index contributed by atoms with van der Waals surface area (Å²) in [6.07, 6.45) is -1.31. The van der Waals surface area contributed by atoms with Gasteiger partial charge in [-0.25, -0.2) is 0 Å². The Labute approximate surface area is 253 Å².